The van der Waals surface area contributed by atoms with E-state index in [1.807, 2.05) is 13.8 Å². The molecule has 2 N–H and O–H groups in total. The predicted octanol–water partition coefficient (Wildman–Crippen LogP) is 2.25. The van der Waals surface area contributed by atoms with Gasteiger partial charge in [0.1, 0.15) is 0 Å². The molecule has 0 saturated heterocycles. The largest absolute Gasteiger partial charge is 0.394 e. The van der Waals surface area contributed by atoms with Crippen LogP contribution >= 0.6 is 0 Å². The van der Waals surface area contributed by atoms with Crippen LogP contribution in [0.3, 0.4) is 0 Å². The number of aliphatic hydroxyl groups is 1. The molecular weight excluding hydrogens is 226 g/mol. The van der Waals surface area contributed by atoms with Gasteiger partial charge in [-0.25, -0.2) is 0 Å². The molecule has 0 aliphatic heterocycles. The number of nitrogens with zero attached hydrogens (tertiary/aromatic N) is 2. The minimum absolute atomic E-state index is 0.135. The maximum Gasteiger partial charge on any atom is 0.0762 e. The standard InChI is InChI=1S/C14H25N3O/c1-14(2,11-18)15-10-12-8-9-17(16-12)13-6-4-3-5-7-13/h8-9,13,15,18H,3-7,10-11H2,1-2H3. The molecule has 4 nitrogen and oxygen atoms in total. The Balaban J connectivity index is 1.89. The fourth-order valence-corrected chi connectivity index (χ4v) is 2.41. The second-order valence-corrected chi connectivity index (χ2v) is 5.97. The molecule has 18 heavy (non-hydrogen) atoms. The molecule has 0 amide bonds. The fraction of sp³-hybridized carbons (Fsp3) is 0.786. The number of rotatable bonds is 5. The molecule has 1 aromatic heterocycles. The van der Waals surface area contributed by atoms with Gasteiger partial charge in [0.15, 0.2) is 0 Å². The first kappa shape index (κ1) is 13.6. The van der Waals surface area contributed by atoms with Gasteiger partial charge in [0.05, 0.1) is 18.3 Å². The Kier molecular flexibility index (Phi) is 4.40. The summed E-state index contributed by atoms with van der Waals surface area (Å²) in [5, 5.41) is 17.2. The number of nitrogens with one attached hydrogen (secondary N) is 1. The molecule has 1 aliphatic rings. The molecular formula is C14H25N3O. The molecule has 4 heteroatoms. The quantitative estimate of drug-likeness (QED) is 0.844. The van der Waals surface area contributed by atoms with Crippen LogP contribution in [-0.2, 0) is 6.54 Å². The Morgan fingerprint density at radius 1 is 1.39 bits per heavy atom. The number of aromatic nitrogens is 2. The van der Waals surface area contributed by atoms with Crippen molar-refractivity contribution in [1.29, 1.82) is 0 Å². The highest BCUT2D eigenvalue weighted by molar-refractivity contribution is 5.00. The van der Waals surface area contributed by atoms with Crippen molar-refractivity contribution in [2.75, 3.05) is 6.61 Å². The first-order chi connectivity index (χ1) is 8.61. The average molecular weight is 251 g/mol. The second-order valence-electron chi connectivity index (χ2n) is 5.97. The summed E-state index contributed by atoms with van der Waals surface area (Å²) in [4.78, 5) is 0. The smallest absolute Gasteiger partial charge is 0.0762 e. The van der Waals surface area contributed by atoms with E-state index in [1.165, 1.54) is 32.1 Å². The molecule has 1 aromatic rings. The third-order valence-corrected chi connectivity index (χ3v) is 3.76. The third-order valence-electron chi connectivity index (χ3n) is 3.76. The van der Waals surface area contributed by atoms with Gasteiger partial charge in [-0.2, -0.15) is 5.10 Å². The summed E-state index contributed by atoms with van der Waals surface area (Å²) < 4.78 is 2.13. The first-order valence-electron chi connectivity index (χ1n) is 7.01. The molecule has 0 radical (unpaired) electrons. The zero-order chi connectivity index (χ0) is 13.0. The van der Waals surface area contributed by atoms with Crippen LogP contribution in [0, 0.1) is 0 Å². The van der Waals surface area contributed by atoms with Gasteiger partial charge in [0, 0.05) is 18.3 Å². The van der Waals surface area contributed by atoms with Crippen molar-refractivity contribution in [1.82, 2.24) is 15.1 Å². The van der Waals surface area contributed by atoms with Crippen molar-refractivity contribution in [3.05, 3.63) is 18.0 Å². The molecule has 1 saturated carbocycles. The maximum absolute atomic E-state index is 9.19. The number of hydrogen-bond donors (Lipinski definition) is 2. The molecule has 2 rings (SSSR count). The lowest BCUT2D eigenvalue weighted by atomic mass is 9.96. The van der Waals surface area contributed by atoms with E-state index in [-0.39, 0.29) is 12.1 Å². The van der Waals surface area contributed by atoms with Crippen molar-refractivity contribution in [2.45, 2.75) is 64.1 Å². The van der Waals surface area contributed by atoms with E-state index in [1.54, 1.807) is 0 Å². The minimum atomic E-state index is -0.241. The van der Waals surface area contributed by atoms with Gasteiger partial charge in [0.25, 0.3) is 0 Å². The SMILES string of the molecule is CC(C)(CO)NCc1ccn(C2CCCCC2)n1. The van der Waals surface area contributed by atoms with Crippen molar-refractivity contribution in [3.8, 4) is 0 Å². The Bertz CT molecular complexity index is 367. The fourth-order valence-electron chi connectivity index (χ4n) is 2.41. The van der Waals surface area contributed by atoms with Crippen molar-refractivity contribution in [2.24, 2.45) is 0 Å². The van der Waals surface area contributed by atoms with Gasteiger partial charge in [0.2, 0.25) is 0 Å². The number of hydrogen-bond acceptors (Lipinski definition) is 3. The topological polar surface area (TPSA) is 50.1 Å². The van der Waals surface area contributed by atoms with E-state index in [2.05, 4.69) is 27.4 Å². The van der Waals surface area contributed by atoms with Crippen LogP contribution in [-0.4, -0.2) is 27.0 Å². The Hall–Kier alpha value is -0.870. The van der Waals surface area contributed by atoms with E-state index in [9.17, 15) is 5.11 Å². The van der Waals surface area contributed by atoms with Gasteiger partial charge in [-0.15, -0.1) is 0 Å². The average Bonchev–Trinajstić information content (AvgIpc) is 2.86. The maximum atomic E-state index is 9.19. The monoisotopic (exact) mass is 251 g/mol. The van der Waals surface area contributed by atoms with Gasteiger partial charge >= 0.3 is 0 Å². The lowest BCUT2D eigenvalue weighted by Gasteiger charge is -2.23. The van der Waals surface area contributed by atoms with Crippen molar-refractivity contribution < 1.29 is 5.11 Å². The summed E-state index contributed by atoms with van der Waals surface area (Å²) in [6, 6.07) is 2.67. The second kappa shape index (κ2) is 5.85. The Morgan fingerprint density at radius 2 is 2.11 bits per heavy atom. The normalized spacial score (nSPS) is 18.2. The van der Waals surface area contributed by atoms with Gasteiger partial charge in [-0.1, -0.05) is 19.3 Å². The highest BCUT2D eigenvalue weighted by Gasteiger charge is 2.18. The zero-order valence-electron chi connectivity index (χ0n) is 11.5. The molecule has 1 fully saturated rings. The summed E-state index contributed by atoms with van der Waals surface area (Å²) in [6.45, 7) is 4.83. The van der Waals surface area contributed by atoms with Crippen LogP contribution < -0.4 is 5.32 Å². The predicted molar refractivity (Wildman–Crippen MR) is 72.4 cm³/mol. The molecule has 0 aromatic carbocycles. The van der Waals surface area contributed by atoms with Gasteiger partial charge in [-0.05, 0) is 32.8 Å². The lowest BCUT2D eigenvalue weighted by Crippen LogP contribution is -2.42. The van der Waals surface area contributed by atoms with Crippen molar-refractivity contribution in [3.63, 3.8) is 0 Å². The van der Waals surface area contributed by atoms with Gasteiger partial charge in [-0.3, -0.25) is 4.68 Å². The van der Waals surface area contributed by atoms with E-state index in [4.69, 9.17) is 0 Å². The first-order valence-corrected chi connectivity index (χ1v) is 7.01. The lowest BCUT2D eigenvalue weighted by molar-refractivity contribution is 0.187. The molecule has 1 aliphatic carbocycles. The van der Waals surface area contributed by atoms with Crippen LogP contribution in [0.4, 0.5) is 0 Å². The summed E-state index contributed by atoms with van der Waals surface area (Å²) in [5.41, 5.74) is 0.816. The summed E-state index contributed by atoms with van der Waals surface area (Å²) in [7, 11) is 0. The van der Waals surface area contributed by atoms with Crippen molar-refractivity contribution >= 4 is 0 Å². The van der Waals surface area contributed by atoms with E-state index in [0.717, 1.165) is 5.69 Å². The van der Waals surface area contributed by atoms with Crippen LogP contribution in [0.2, 0.25) is 0 Å². The third kappa shape index (κ3) is 3.56. The molecule has 0 atom stereocenters. The van der Waals surface area contributed by atoms with Crippen LogP contribution in [0.5, 0.6) is 0 Å². The number of aliphatic hydroxyl groups excluding tert-OH is 1. The molecule has 0 unspecified atom stereocenters. The molecule has 0 spiro atoms. The van der Waals surface area contributed by atoms with E-state index >= 15 is 0 Å². The summed E-state index contributed by atoms with van der Waals surface area (Å²) >= 11 is 0. The molecule has 0 bridgehead atoms. The zero-order valence-corrected chi connectivity index (χ0v) is 11.5. The summed E-state index contributed by atoms with van der Waals surface area (Å²) in [5.74, 6) is 0. The van der Waals surface area contributed by atoms with Gasteiger partial charge < -0.3 is 10.4 Å². The minimum Gasteiger partial charge on any atom is -0.394 e. The van der Waals surface area contributed by atoms with E-state index in [0.29, 0.717) is 12.6 Å². The van der Waals surface area contributed by atoms with Crippen LogP contribution in [0.1, 0.15) is 57.7 Å². The molecule has 1 heterocycles. The highest BCUT2D eigenvalue weighted by atomic mass is 16.3. The van der Waals surface area contributed by atoms with E-state index < -0.39 is 0 Å². The van der Waals surface area contributed by atoms with Crippen LogP contribution in [0.25, 0.3) is 0 Å². The highest BCUT2D eigenvalue weighted by Crippen LogP contribution is 2.27. The Morgan fingerprint density at radius 3 is 2.78 bits per heavy atom. The molecule has 102 valence electrons. The Labute approximate surface area is 109 Å². The van der Waals surface area contributed by atoms with Crippen LogP contribution in [0.15, 0.2) is 12.3 Å². The summed E-state index contributed by atoms with van der Waals surface area (Å²) in [6.07, 6.45) is 8.65.